The lowest BCUT2D eigenvalue weighted by atomic mass is 10.2. The van der Waals surface area contributed by atoms with Crippen molar-refractivity contribution >= 4 is 40.4 Å². The van der Waals surface area contributed by atoms with E-state index < -0.39 is 0 Å². The van der Waals surface area contributed by atoms with Crippen LogP contribution in [0.15, 0.2) is 28.0 Å². The summed E-state index contributed by atoms with van der Waals surface area (Å²) in [5, 5.41) is 13.6. The van der Waals surface area contributed by atoms with E-state index in [4.69, 9.17) is 0 Å². The van der Waals surface area contributed by atoms with Crippen LogP contribution in [0.1, 0.15) is 12.8 Å². The molecule has 0 saturated heterocycles. The zero-order valence-corrected chi connectivity index (χ0v) is 12.6. The molecule has 5 nitrogen and oxygen atoms in total. The van der Waals surface area contributed by atoms with E-state index in [1.807, 2.05) is 0 Å². The van der Waals surface area contributed by atoms with Gasteiger partial charge >= 0.3 is 0 Å². The quantitative estimate of drug-likeness (QED) is 0.800. The number of hydrogen-bond donors (Lipinski definition) is 2. The first-order valence-corrected chi connectivity index (χ1v) is 8.32. The summed E-state index contributed by atoms with van der Waals surface area (Å²) in [4.78, 5) is 11.9. The average molecular weight is 324 g/mol. The molecular weight excluding hydrogens is 311 g/mol. The molecule has 1 aromatic heterocycles. The first-order valence-electron chi connectivity index (χ1n) is 6.45. The van der Waals surface area contributed by atoms with Gasteiger partial charge in [-0.2, -0.15) is 0 Å². The summed E-state index contributed by atoms with van der Waals surface area (Å²) in [6.45, 7) is 0. The molecule has 0 radical (unpaired) electrons. The van der Waals surface area contributed by atoms with E-state index >= 15 is 0 Å². The third-order valence-corrected chi connectivity index (χ3v) is 4.72. The Balaban J connectivity index is 1.61. The number of nitrogens with one attached hydrogen (secondary N) is 2. The van der Waals surface area contributed by atoms with Gasteiger partial charge in [-0.3, -0.25) is 4.79 Å². The summed E-state index contributed by atoms with van der Waals surface area (Å²) in [6, 6.07) is 4.71. The monoisotopic (exact) mass is 324 g/mol. The van der Waals surface area contributed by atoms with Crippen molar-refractivity contribution in [1.82, 2.24) is 10.2 Å². The summed E-state index contributed by atoms with van der Waals surface area (Å²) >= 11 is 2.72. The summed E-state index contributed by atoms with van der Waals surface area (Å²) in [5.74, 6) is -0.227. The van der Waals surface area contributed by atoms with Crippen molar-refractivity contribution in [3.63, 3.8) is 0 Å². The Hall–Kier alpha value is -1.67. The normalized spacial score (nSPS) is 14.0. The summed E-state index contributed by atoms with van der Waals surface area (Å²) in [6.07, 6.45) is 2.16. The Morgan fingerprint density at radius 2 is 2.29 bits per heavy atom. The molecule has 3 rings (SSSR count). The zero-order valence-electron chi connectivity index (χ0n) is 11.0. The van der Waals surface area contributed by atoms with Crippen LogP contribution in [0.5, 0.6) is 0 Å². The van der Waals surface area contributed by atoms with Crippen LogP contribution in [0.2, 0.25) is 0 Å². The van der Waals surface area contributed by atoms with Crippen LogP contribution >= 0.6 is 23.1 Å². The number of carbonyl (C=O) groups excluding carboxylic acids is 1. The number of carbonyl (C=O) groups is 1. The van der Waals surface area contributed by atoms with Crippen LogP contribution in [-0.4, -0.2) is 27.9 Å². The Morgan fingerprint density at radius 1 is 1.43 bits per heavy atom. The lowest BCUT2D eigenvalue weighted by Crippen LogP contribution is -2.16. The van der Waals surface area contributed by atoms with Crippen LogP contribution < -0.4 is 10.6 Å². The molecule has 21 heavy (non-hydrogen) atoms. The Labute approximate surface area is 129 Å². The summed E-state index contributed by atoms with van der Waals surface area (Å²) in [7, 11) is 0. The molecule has 1 aliphatic carbocycles. The van der Waals surface area contributed by atoms with Crippen molar-refractivity contribution in [2.75, 3.05) is 16.4 Å². The molecule has 0 bridgehead atoms. The van der Waals surface area contributed by atoms with Crippen molar-refractivity contribution in [3.05, 3.63) is 29.5 Å². The molecule has 110 valence electrons. The highest BCUT2D eigenvalue weighted by Crippen LogP contribution is 2.30. The third kappa shape index (κ3) is 4.15. The van der Waals surface area contributed by atoms with E-state index in [2.05, 4.69) is 20.8 Å². The van der Waals surface area contributed by atoms with Crippen LogP contribution in [-0.2, 0) is 4.79 Å². The fraction of sp³-hybridized carbons (Fsp3) is 0.308. The van der Waals surface area contributed by atoms with Gasteiger partial charge in [0.05, 0.1) is 17.1 Å². The lowest BCUT2D eigenvalue weighted by Gasteiger charge is -2.12. The number of benzene rings is 1. The predicted molar refractivity (Wildman–Crippen MR) is 82.3 cm³/mol. The second-order valence-corrected chi connectivity index (χ2v) is 6.71. The van der Waals surface area contributed by atoms with Gasteiger partial charge in [0.25, 0.3) is 0 Å². The molecular formula is C13H13FN4OS2. The number of aromatic nitrogens is 2. The average Bonchev–Trinajstić information content (AvgIpc) is 3.12. The van der Waals surface area contributed by atoms with E-state index in [0.717, 1.165) is 17.2 Å². The number of anilines is 2. The Kier molecular flexibility index (Phi) is 4.35. The number of rotatable bonds is 6. The molecule has 2 N–H and O–H groups in total. The maximum Gasteiger partial charge on any atom is 0.234 e. The molecule has 0 atom stereocenters. The second kappa shape index (κ2) is 6.40. The topological polar surface area (TPSA) is 66.9 Å². The van der Waals surface area contributed by atoms with Gasteiger partial charge in [0.2, 0.25) is 5.91 Å². The highest BCUT2D eigenvalue weighted by Gasteiger charge is 2.22. The van der Waals surface area contributed by atoms with Gasteiger partial charge in [-0.05, 0) is 31.0 Å². The van der Waals surface area contributed by atoms with Gasteiger partial charge in [-0.15, -0.1) is 10.2 Å². The zero-order chi connectivity index (χ0) is 14.7. The Morgan fingerprint density at radius 3 is 3.00 bits per heavy atom. The molecule has 8 heteroatoms. The maximum absolute atomic E-state index is 13.3. The fourth-order valence-electron chi connectivity index (χ4n) is 1.73. The molecule has 1 fully saturated rings. The molecule has 0 spiro atoms. The minimum atomic E-state index is -0.320. The summed E-state index contributed by atoms with van der Waals surface area (Å²) in [5.41, 5.74) is 2.86. The maximum atomic E-state index is 13.3. The minimum absolute atomic E-state index is 0.152. The standard InChI is InChI=1S/C13H13FN4OS2/c14-8-1-4-10(11(5-8)16-9-2-3-9)17-12(19)6-20-13-18-15-7-21-13/h1,4-5,7,9,16H,2-3,6H2,(H,17,19). The van der Waals surface area contributed by atoms with Gasteiger partial charge < -0.3 is 10.6 Å². The van der Waals surface area contributed by atoms with Gasteiger partial charge in [0.15, 0.2) is 4.34 Å². The number of thioether (sulfide) groups is 1. The van der Waals surface area contributed by atoms with Crippen LogP contribution in [0, 0.1) is 5.82 Å². The minimum Gasteiger partial charge on any atom is -0.381 e. The number of nitrogens with zero attached hydrogens (tertiary/aromatic N) is 2. The van der Waals surface area contributed by atoms with Gasteiger partial charge in [0, 0.05) is 6.04 Å². The van der Waals surface area contributed by atoms with Crippen LogP contribution in [0.3, 0.4) is 0 Å². The third-order valence-electron chi connectivity index (χ3n) is 2.86. The van der Waals surface area contributed by atoms with Gasteiger partial charge in [-0.25, -0.2) is 4.39 Å². The highest BCUT2D eigenvalue weighted by molar-refractivity contribution is 8.01. The van der Waals surface area contributed by atoms with E-state index in [1.54, 1.807) is 11.6 Å². The van der Waals surface area contributed by atoms with Crippen molar-refractivity contribution in [3.8, 4) is 0 Å². The Bertz CT molecular complexity index is 631. The van der Waals surface area contributed by atoms with E-state index in [1.165, 1.54) is 35.2 Å². The van der Waals surface area contributed by atoms with Crippen LogP contribution in [0.25, 0.3) is 0 Å². The number of hydrogen-bond acceptors (Lipinski definition) is 6. The van der Waals surface area contributed by atoms with Crippen molar-refractivity contribution in [1.29, 1.82) is 0 Å². The van der Waals surface area contributed by atoms with Crippen LogP contribution in [0.4, 0.5) is 15.8 Å². The van der Waals surface area contributed by atoms with Crippen molar-refractivity contribution < 1.29 is 9.18 Å². The highest BCUT2D eigenvalue weighted by atomic mass is 32.2. The van der Waals surface area contributed by atoms with E-state index in [9.17, 15) is 9.18 Å². The molecule has 1 aromatic carbocycles. The fourth-order valence-corrected chi connectivity index (χ4v) is 3.02. The molecule has 2 aromatic rings. The van der Waals surface area contributed by atoms with Crippen molar-refractivity contribution in [2.24, 2.45) is 0 Å². The predicted octanol–water partition coefficient (Wildman–Crippen LogP) is 2.98. The number of halogens is 1. The molecule has 1 saturated carbocycles. The largest absolute Gasteiger partial charge is 0.381 e. The first kappa shape index (κ1) is 14.3. The molecule has 1 heterocycles. The lowest BCUT2D eigenvalue weighted by molar-refractivity contribution is -0.113. The SMILES string of the molecule is O=C(CSc1nncs1)Nc1ccc(F)cc1NC1CC1. The smallest absolute Gasteiger partial charge is 0.234 e. The van der Waals surface area contributed by atoms with E-state index in [0.29, 0.717) is 17.4 Å². The second-order valence-electron chi connectivity index (χ2n) is 4.65. The van der Waals surface area contributed by atoms with Gasteiger partial charge in [-0.1, -0.05) is 23.1 Å². The molecule has 0 aliphatic heterocycles. The molecule has 1 aliphatic rings. The van der Waals surface area contributed by atoms with Crippen molar-refractivity contribution in [2.45, 2.75) is 23.2 Å². The van der Waals surface area contributed by atoms with Gasteiger partial charge in [0.1, 0.15) is 11.3 Å². The molecule has 0 unspecified atom stereocenters. The summed E-state index contributed by atoms with van der Waals surface area (Å²) < 4.78 is 14.1. The molecule has 1 amide bonds. The van der Waals surface area contributed by atoms with E-state index in [-0.39, 0.29) is 17.5 Å². The number of amides is 1. The first-order chi connectivity index (χ1) is 10.2.